The van der Waals surface area contributed by atoms with Gasteiger partial charge in [-0.05, 0) is 96.7 Å². The summed E-state index contributed by atoms with van der Waals surface area (Å²) in [5.74, 6) is 3.56. The molecule has 0 amide bonds. The Morgan fingerprint density at radius 1 is 1.16 bits per heavy atom. The average Bonchev–Trinajstić information content (AvgIpc) is 3.03. The van der Waals surface area contributed by atoms with Gasteiger partial charge in [0.15, 0.2) is 0 Å². The number of nitrogens with zero attached hydrogens (tertiary/aromatic N) is 1. The number of esters is 1. The summed E-state index contributed by atoms with van der Waals surface area (Å²) in [7, 11) is 0. The van der Waals surface area contributed by atoms with Crippen LogP contribution in [0.15, 0.2) is 24.5 Å². The molecular formula is C27H37NO3. The molecule has 0 bridgehead atoms. The van der Waals surface area contributed by atoms with E-state index < -0.39 is 0 Å². The van der Waals surface area contributed by atoms with Crippen molar-refractivity contribution in [2.24, 2.45) is 34.5 Å². The van der Waals surface area contributed by atoms with Gasteiger partial charge in [-0.25, -0.2) is 0 Å². The number of fused-ring (bicyclic) bond motifs is 5. The summed E-state index contributed by atoms with van der Waals surface area (Å²) in [5, 5.41) is 0. The molecule has 0 radical (unpaired) electrons. The predicted octanol–water partition coefficient (Wildman–Crippen LogP) is 6.06. The third kappa shape index (κ3) is 3.41. The summed E-state index contributed by atoms with van der Waals surface area (Å²) < 4.78 is 11.4. The Bertz CT molecular complexity index is 879. The van der Waals surface area contributed by atoms with E-state index >= 15 is 0 Å². The van der Waals surface area contributed by atoms with Crippen molar-refractivity contribution in [1.82, 2.24) is 4.98 Å². The molecule has 5 rings (SSSR count). The fraction of sp³-hybridized carbons (Fsp3) is 0.704. The predicted molar refractivity (Wildman–Crippen MR) is 121 cm³/mol. The number of rotatable bonds is 4. The monoisotopic (exact) mass is 423 g/mol. The Hall–Kier alpha value is -1.84. The molecular weight excluding hydrogens is 386 g/mol. The number of pyridine rings is 1. The van der Waals surface area contributed by atoms with Crippen LogP contribution in [0.4, 0.5) is 0 Å². The van der Waals surface area contributed by atoms with Crippen molar-refractivity contribution in [1.29, 1.82) is 0 Å². The first-order valence-electron chi connectivity index (χ1n) is 12.4. The molecule has 2 heterocycles. The average molecular weight is 424 g/mol. The normalized spacial score (nSPS) is 39.5. The lowest BCUT2D eigenvalue weighted by atomic mass is 9.46. The zero-order valence-electron chi connectivity index (χ0n) is 19.4. The van der Waals surface area contributed by atoms with Gasteiger partial charge in [-0.2, -0.15) is 0 Å². The van der Waals surface area contributed by atoms with E-state index in [1.807, 2.05) is 12.4 Å². The highest BCUT2D eigenvalue weighted by Crippen LogP contribution is 2.66. The fourth-order valence-corrected chi connectivity index (χ4v) is 7.78. The minimum Gasteiger partial charge on any atom is -0.492 e. The number of cyclic esters (lactones) is 1. The molecule has 2 saturated carbocycles. The number of carbonyl (C=O) groups excluding carboxylic acids is 1. The van der Waals surface area contributed by atoms with Crippen LogP contribution in [0.5, 0.6) is 5.75 Å². The van der Waals surface area contributed by atoms with Crippen LogP contribution in [0, 0.1) is 34.5 Å². The molecule has 1 aromatic heterocycles. The molecule has 168 valence electrons. The van der Waals surface area contributed by atoms with Crippen molar-refractivity contribution >= 4 is 11.5 Å². The third-order valence-electron chi connectivity index (χ3n) is 9.46. The Morgan fingerprint density at radius 3 is 2.87 bits per heavy atom. The molecule has 1 saturated heterocycles. The van der Waals surface area contributed by atoms with Crippen LogP contribution in [0.25, 0.3) is 5.57 Å². The van der Waals surface area contributed by atoms with E-state index in [4.69, 9.17) is 9.47 Å². The maximum atomic E-state index is 12.1. The second-order valence-electron chi connectivity index (χ2n) is 10.9. The standard InChI is InChI=1S/C27H37NO3/c1-4-12-30-20-14-18(16-28-17-20)22-7-8-23-21-6-5-19-15-25(29)31-13-11-26(19,2)24(21)9-10-27(22,23)3/h7,14,16-17,19,21,23-24H,4-6,8-13,15H2,1-3H3/t19-,21-,23-,24-,26-,27+/m0/s1. The molecule has 31 heavy (non-hydrogen) atoms. The SMILES string of the molecule is CCCOc1cncc(C2=CC[C@H]3[C@@H]4CC[C@H]5CC(=O)OCC[C@]5(C)[C@H]4CC[C@]23C)c1. The van der Waals surface area contributed by atoms with Crippen LogP contribution < -0.4 is 4.74 Å². The minimum absolute atomic E-state index is 0.0234. The molecule has 1 aromatic rings. The van der Waals surface area contributed by atoms with Crippen LogP contribution in [0.1, 0.15) is 77.7 Å². The fourth-order valence-electron chi connectivity index (χ4n) is 7.78. The topological polar surface area (TPSA) is 48.4 Å². The van der Waals surface area contributed by atoms with Gasteiger partial charge in [-0.15, -0.1) is 0 Å². The van der Waals surface area contributed by atoms with E-state index in [-0.39, 0.29) is 16.8 Å². The van der Waals surface area contributed by atoms with Gasteiger partial charge in [-0.3, -0.25) is 9.78 Å². The molecule has 6 atom stereocenters. The molecule has 4 heteroatoms. The summed E-state index contributed by atoms with van der Waals surface area (Å²) in [6, 6.07) is 2.20. The van der Waals surface area contributed by atoms with Crippen LogP contribution in [-0.4, -0.2) is 24.2 Å². The van der Waals surface area contributed by atoms with Crippen LogP contribution in [0.2, 0.25) is 0 Å². The maximum absolute atomic E-state index is 12.1. The smallest absolute Gasteiger partial charge is 0.306 e. The largest absolute Gasteiger partial charge is 0.492 e. The highest BCUT2D eigenvalue weighted by Gasteiger charge is 2.58. The van der Waals surface area contributed by atoms with Gasteiger partial charge in [0.05, 0.1) is 19.4 Å². The lowest BCUT2D eigenvalue weighted by Gasteiger charge is -2.58. The number of allylic oxidation sites excluding steroid dienone is 2. The van der Waals surface area contributed by atoms with Gasteiger partial charge < -0.3 is 9.47 Å². The van der Waals surface area contributed by atoms with Crippen molar-refractivity contribution in [3.8, 4) is 5.75 Å². The Balaban J connectivity index is 1.40. The quantitative estimate of drug-likeness (QED) is 0.552. The van der Waals surface area contributed by atoms with E-state index in [9.17, 15) is 4.79 Å². The van der Waals surface area contributed by atoms with Crippen molar-refractivity contribution < 1.29 is 14.3 Å². The van der Waals surface area contributed by atoms with E-state index in [1.54, 1.807) is 0 Å². The van der Waals surface area contributed by atoms with E-state index in [2.05, 4.69) is 37.9 Å². The zero-order valence-corrected chi connectivity index (χ0v) is 19.4. The highest BCUT2D eigenvalue weighted by molar-refractivity contribution is 5.73. The molecule has 1 aliphatic heterocycles. The summed E-state index contributed by atoms with van der Waals surface area (Å²) in [6.45, 7) is 8.45. The van der Waals surface area contributed by atoms with Crippen molar-refractivity contribution in [2.45, 2.75) is 72.1 Å². The first-order chi connectivity index (χ1) is 15.0. The third-order valence-corrected chi connectivity index (χ3v) is 9.46. The highest BCUT2D eigenvalue weighted by atomic mass is 16.5. The molecule has 3 aliphatic carbocycles. The van der Waals surface area contributed by atoms with Crippen LogP contribution >= 0.6 is 0 Å². The lowest BCUT2D eigenvalue weighted by Crippen LogP contribution is -2.51. The summed E-state index contributed by atoms with van der Waals surface area (Å²) in [5.41, 5.74) is 3.18. The second-order valence-corrected chi connectivity index (χ2v) is 10.9. The molecule has 4 aliphatic rings. The summed E-state index contributed by atoms with van der Waals surface area (Å²) in [4.78, 5) is 16.6. The molecule has 4 nitrogen and oxygen atoms in total. The van der Waals surface area contributed by atoms with Crippen molar-refractivity contribution in [3.63, 3.8) is 0 Å². The first-order valence-corrected chi connectivity index (χ1v) is 12.4. The number of hydrogen-bond donors (Lipinski definition) is 0. The number of aromatic nitrogens is 1. The zero-order chi connectivity index (χ0) is 21.6. The summed E-state index contributed by atoms with van der Waals surface area (Å²) in [6.07, 6.45) is 15.1. The van der Waals surface area contributed by atoms with Crippen LogP contribution in [-0.2, 0) is 9.53 Å². The first kappa shape index (κ1) is 21.0. The van der Waals surface area contributed by atoms with E-state index in [1.165, 1.54) is 43.2 Å². The number of hydrogen-bond acceptors (Lipinski definition) is 4. The molecule has 0 aromatic carbocycles. The summed E-state index contributed by atoms with van der Waals surface area (Å²) >= 11 is 0. The van der Waals surface area contributed by atoms with Gasteiger partial charge in [0.1, 0.15) is 5.75 Å². The number of ether oxygens (including phenoxy) is 2. The molecule has 0 N–H and O–H groups in total. The molecule has 0 unspecified atom stereocenters. The van der Waals surface area contributed by atoms with Gasteiger partial charge in [0.2, 0.25) is 0 Å². The Labute approximate surface area is 186 Å². The maximum Gasteiger partial charge on any atom is 0.306 e. The van der Waals surface area contributed by atoms with Crippen molar-refractivity contribution in [3.05, 3.63) is 30.1 Å². The van der Waals surface area contributed by atoms with Crippen molar-refractivity contribution in [2.75, 3.05) is 13.2 Å². The number of carbonyl (C=O) groups is 1. The van der Waals surface area contributed by atoms with E-state index in [0.717, 1.165) is 31.1 Å². The van der Waals surface area contributed by atoms with Gasteiger partial charge in [0, 0.05) is 12.6 Å². The van der Waals surface area contributed by atoms with E-state index in [0.29, 0.717) is 30.8 Å². The molecule has 0 spiro atoms. The van der Waals surface area contributed by atoms with Gasteiger partial charge >= 0.3 is 5.97 Å². The minimum atomic E-state index is 0.0234. The second kappa shape index (κ2) is 7.94. The van der Waals surface area contributed by atoms with Gasteiger partial charge in [0.25, 0.3) is 0 Å². The Morgan fingerprint density at radius 2 is 2.03 bits per heavy atom. The lowest BCUT2D eigenvalue weighted by molar-refractivity contribution is -0.143. The van der Waals surface area contributed by atoms with Gasteiger partial charge in [-0.1, -0.05) is 26.8 Å². The molecule has 3 fully saturated rings. The van der Waals surface area contributed by atoms with Crippen LogP contribution in [0.3, 0.4) is 0 Å². The Kier molecular flexibility index (Phi) is 5.38.